The minimum absolute atomic E-state index is 0.209. The summed E-state index contributed by atoms with van der Waals surface area (Å²) in [6, 6.07) is 0. The molecule has 0 saturated carbocycles. The number of carbonyl (C=O) groups is 2. The smallest absolute Gasteiger partial charge is 0.358 e. The molecule has 0 aromatic rings. The maximum absolute atomic E-state index is 11.2. The molecule has 0 aromatic heterocycles. The quantitative estimate of drug-likeness (QED) is 0.535. The van der Waals surface area contributed by atoms with Crippen molar-refractivity contribution in [2.45, 2.75) is 13.7 Å². The molecule has 4 nitrogen and oxygen atoms in total. The van der Waals surface area contributed by atoms with E-state index in [9.17, 15) is 9.59 Å². The number of halogens is 7. The molecule has 0 radical (unpaired) electrons. The fourth-order valence-electron chi connectivity index (χ4n) is 0.579. The van der Waals surface area contributed by atoms with Crippen LogP contribution in [0, 0.1) is 0 Å². The first-order valence-electron chi connectivity index (χ1n) is 4.06. The molecule has 0 aliphatic heterocycles. The summed E-state index contributed by atoms with van der Waals surface area (Å²) in [5, 5.41) is 0. The van der Waals surface area contributed by atoms with Crippen LogP contribution in [0.1, 0.15) is 0 Å². The molecule has 11 heteroatoms. The Morgan fingerprint density at radius 2 is 1.39 bits per heavy atom. The Bertz CT molecular complexity index is 308. The van der Waals surface area contributed by atoms with Gasteiger partial charge in [0.1, 0.15) is 12.7 Å². The SMILES string of the molecule is O=C(OCC(CCl)OC(=O)C(Cl)(Cl)Cl)C(Cl)(Cl)Cl. The Kier molecular flexibility index (Phi) is 8.09. The molecular formula is C7H5Cl7O4. The van der Waals surface area contributed by atoms with Gasteiger partial charge in [0.05, 0.1) is 5.88 Å². The molecule has 0 aliphatic rings. The Hall–Kier alpha value is 0.970. The molecule has 0 heterocycles. The van der Waals surface area contributed by atoms with E-state index in [1.807, 2.05) is 0 Å². The van der Waals surface area contributed by atoms with Crippen molar-refractivity contribution < 1.29 is 19.1 Å². The third-order valence-corrected chi connectivity index (χ3v) is 2.58. The van der Waals surface area contributed by atoms with Gasteiger partial charge in [-0.1, -0.05) is 69.6 Å². The van der Waals surface area contributed by atoms with Crippen molar-refractivity contribution in [1.29, 1.82) is 0 Å². The Balaban J connectivity index is 4.30. The van der Waals surface area contributed by atoms with Gasteiger partial charge >= 0.3 is 11.9 Å². The number of alkyl halides is 7. The van der Waals surface area contributed by atoms with E-state index in [1.165, 1.54) is 0 Å². The van der Waals surface area contributed by atoms with Crippen LogP contribution in [0.15, 0.2) is 0 Å². The Labute approximate surface area is 138 Å². The van der Waals surface area contributed by atoms with Gasteiger partial charge in [-0.3, -0.25) is 0 Å². The average Bonchev–Trinajstić information content (AvgIpc) is 2.20. The zero-order valence-electron chi connectivity index (χ0n) is 8.27. The van der Waals surface area contributed by atoms with E-state index in [0.29, 0.717) is 0 Å². The van der Waals surface area contributed by atoms with Gasteiger partial charge in [0, 0.05) is 0 Å². The number of hydrogen-bond acceptors (Lipinski definition) is 4. The minimum atomic E-state index is -2.26. The van der Waals surface area contributed by atoms with Gasteiger partial charge in [-0.25, -0.2) is 9.59 Å². The average molecular weight is 401 g/mol. The lowest BCUT2D eigenvalue weighted by Gasteiger charge is -2.19. The molecule has 0 aromatic carbocycles. The van der Waals surface area contributed by atoms with Gasteiger partial charge in [0.15, 0.2) is 0 Å². The highest BCUT2D eigenvalue weighted by Crippen LogP contribution is 2.29. The number of carbonyl (C=O) groups excluding carboxylic acids is 2. The van der Waals surface area contributed by atoms with Gasteiger partial charge in [-0.2, -0.15) is 0 Å². The van der Waals surface area contributed by atoms with Crippen molar-refractivity contribution in [3.8, 4) is 0 Å². The number of rotatable bonds is 4. The zero-order valence-corrected chi connectivity index (χ0v) is 13.6. The van der Waals surface area contributed by atoms with Crippen molar-refractivity contribution in [1.82, 2.24) is 0 Å². The molecule has 0 saturated heterocycles. The van der Waals surface area contributed by atoms with Crippen molar-refractivity contribution in [2.24, 2.45) is 0 Å². The second-order valence-electron chi connectivity index (χ2n) is 2.78. The van der Waals surface area contributed by atoms with E-state index in [1.54, 1.807) is 0 Å². The summed E-state index contributed by atoms with van der Waals surface area (Å²) in [4.78, 5) is 22.3. The Morgan fingerprint density at radius 1 is 0.944 bits per heavy atom. The van der Waals surface area contributed by atoms with Crippen LogP contribution in [0.3, 0.4) is 0 Å². The summed E-state index contributed by atoms with van der Waals surface area (Å²) in [6.45, 7) is -0.442. The van der Waals surface area contributed by atoms with Crippen LogP contribution in [0.25, 0.3) is 0 Å². The van der Waals surface area contributed by atoms with Crippen molar-refractivity contribution in [3.63, 3.8) is 0 Å². The summed E-state index contributed by atoms with van der Waals surface area (Å²) < 4.78 is 4.70. The summed E-state index contributed by atoms with van der Waals surface area (Å²) in [5.41, 5.74) is 0. The molecule has 1 unspecified atom stereocenters. The highest BCUT2D eigenvalue weighted by atomic mass is 35.6. The van der Waals surface area contributed by atoms with Crippen LogP contribution in [0.5, 0.6) is 0 Å². The second-order valence-corrected chi connectivity index (χ2v) is 7.65. The lowest BCUT2D eigenvalue weighted by atomic mass is 10.4. The van der Waals surface area contributed by atoms with Gasteiger partial charge in [-0.05, 0) is 0 Å². The molecule has 0 aliphatic carbocycles. The van der Waals surface area contributed by atoms with Crippen LogP contribution in [0.4, 0.5) is 0 Å². The van der Waals surface area contributed by atoms with Gasteiger partial charge < -0.3 is 9.47 Å². The van der Waals surface area contributed by atoms with E-state index in [2.05, 4.69) is 9.47 Å². The molecule has 0 N–H and O–H groups in total. The van der Waals surface area contributed by atoms with Crippen LogP contribution in [0.2, 0.25) is 0 Å². The third-order valence-electron chi connectivity index (χ3n) is 1.31. The van der Waals surface area contributed by atoms with Crippen molar-refractivity contribution >= 4 is 93.1 Å². The van der Waals surface area contributed by atoms with Crippen LogP contribution < -0.4 is 0 Å². The fraction of sp³-hybridized carbons (Fsp3) is 0.714. The first-order valence-corrected chi connectivity index (χ1v) is 6.86. The molecular weight excluding hydrogens is 396 g/mol. The summed E-state index contributed by atoms with van der Waals surface area (Å²) in [6.07, 6.45) is -1.04. The number of esters is 2. The monoisotopic (exact) mass is 398 g/mol. The molecule has 0 amide bonds. The van der Waals surface area contributed by atoms with Crippen molar-refractivity contribution in [2.75, 3.05) is 12.5 Å². The highest BCUT2D eigenvalue weighted by molar-refractivity contribution is 6.76. The lowest BCUT2D eigenvalue weighted by Crippen LogP contribution is -2.34. The molecule has 0 fully saturated rings. The first kappa shape index (κ1) is 19.0. The fourth-order valence-corrected chi connectivity index (χ4v) is 1.03. The molecule has 0 bridgehead atoms. The van der Waals surface area contributed by atoms with Gasteiger partial charge in [-0.15, -0.1) is 11.6 Å². The van der Waals surface area contributed by atoms with Crippen LogP contribution in [-0.4, -0.2) is 38.1 Å². The van der Waals surface area contributed by atoms with Crippen LogP contribution in [-0.2, 0) is 19.1 Å². The summed E-state index contributed by atoms with van der Waals surface area (Å²) in [5.74, 6) is -2.52. The number of ether oxygens (including phenoxy) is 2. The number of hydrogen-bond donors (Lipinski definition) is 0. The van der Waals surface area contributed by atoms with Gasteiger partial charge in [0.2, 0.25) is 0 Å². The van der Waals surface area contributed by atoms with E-state index < -0.39 is 32.2 Å². The summed E-state index contributed by atoms with van der Waals surface area (Å²) >= 11 is 37.0. The van der Waals surface area contributed by atoms with E-state index in [-0.39, 0.29) is 5.88 Å². The maximum atomic E-state index is 11.2. The molecule has 18 heavy (non-hydrogen) atoms. The lowest BCUT2D eigenvalue weighted by molar-refractivity contribution is -0.156. The molecule has 1 atom stereocenters. The highest BCUT2D eigenvalue weighted by Gasteiger charge is 2.36. The topological polar surface area (TPSA) is 52.6 Å². The predicted octanol–water partition coefficient (Wildman–Crippen LogP) is 3.42. The summed E-state index contributed by atoms with van der Waals surface area (Å²) in [7, 11) is 0. The van der Waals surface area contributed by atoms with E-state index in [4.69, 9.17) is 81.2 Å². The second kappa shape index (κ2) is 7.67. The normalized spacial score (nSPS) is 13.9. The minimum Gasteiger partial charge on any atom is -0.459 e. The van der Waals surface area contributed by atoms with Crippen molar-refractivity contribution in [3.05, 3.63) is 0 Å². The molecule has 106 valence electrons. The van der Waals surface area contributed by atoms with E-state index >= 15 is 0 Å². The van der Waals surface area contributed by atoms with E-state index in [0.717, 1.165) is 0 Å². The maximum Gasteiger partial charge on any atom is 0.358 e. The first-order chi connectivity index (χ1) is 7.98. The molecule has 0 spiro atoms. The predicted molar refractivity (Wildman–Crippen MR) is 72.1 cm³/mol. The Morgan fingerprint density at radius 3 is 1.72 bits per heavy atom. The van der Waals surface area contributed by atoms with Crippen LogP contribution >= 0.6 is 81.2 Å². The van der Waals surface area contributed by atoms with Gasteiger partial charge in [0.25, 0.3) is 7.59 Å². The standard InChI is InChI=1S/C7H5Cl7O4/c8-1-3(18-5(16)7(12,13)14)2-17-4(15)6(9,10)11/h3H,1-2H2. The third kappa shape index (κ3) is 7.53. The largest absolute Gasteiger partial charge is 0.459 e. The molecule has 0 rings (SSSR count). The zero-order chi connectivity index (χ0) is 14.6.